The van der Waals surface area contributed by atoms with Gasteiger partial charge in [0.1, 0.15) is 0 Å². The fraction of sp³-hybridized carbons (Fsp3) is 0.500. The van der Waals surface area contributed by atoms with Crippen molar-refractivity contribution in [1.29, 1.82) is 0 Å². The van der Waals surface area contributed by atoms with Gasteiger partial charge in [-0.15, -0.1) is 0 Å². The van der Waals surface area contributed by atoms with Gasteiger partial charge < -0.3 is 0 Å². The van der Waals surface area contributed by atoms with Gasteiger partial charge in [0, 0.05) is 12.6 Å². The van der Waals surface area contributed by atoms with Crippen molar-refractivity contribution in [3.05, 3.63) is 29.8 Å². The zero-order valence-electron chi connectivity index (χ0n) is 10.3. The smallest absolute Gasteiger partial charge is 0.207 e. The quantitative estimate of drug-likeness (QED) is 0.841. The van der Waals surface area contributed by atoms with E-state index in [-0.39, 0.29) is 12.6 Å². The van der Waals surface area contributed by atoms with E-state index in [1.807, 2.05) is 0 Å². The summed E-state index contributed by atoms with van der Waals surface area (Å²) in [6.45, 7) is 1.98. The zero-order valence-corrected chi connectivity index (χ0v) is 11.1. The van der Waals surface area contributed by atoms with Gasteiger partial charge in [0.25, 0.3) is 0 Å². The van der Waals surface area contributed by atoms with E-state index in [1.54, 1.807) is 6.92 Å². The average molecular weight is 293 g/mol. The minimum absolute atomic E-state index is 0.258. The van der Waals surface area contributed by atoms with Gasteiger partial charge in [0.2, 0.25) is 10.0 Å². The highest BCUT2D eigenvalue weighted by molar-refractivity contribution is 7.89. The standard InChI is InChI=1S/C12H14F3NO2S/c1-9-5-4-8-16(9)19(17,18)11-7-3-2-6-10(11)12(13,14)15/h2-3,6-7,9H,4-5,8H2,1H3. The molecule has 1 unspecified atom stereocenters. The van der Waals surface area contributed by atoms with E-state index in [0.717, 1.165) is 16.4 Å². The van der Waals surface area contributed by atoms with Crippen molar-refractivity contribution < 1.29 is 21.6 Å². The lowest BCUT2D eigenvalue weighted by molar-refractivity contribution is -0.139. The van der Waals surface area contributed by atoms with Gasteiger partial charge in [-0.25, -0.2) is 8.42 Å². The highest BCUT2D eigenvalue weighted by Crippen LogP contribution is 2.36. The lowest BCUT2D eigenvalue weighted by Gasteiger charge is -2.23. The van der Waals surface area contributed by atoms with E-state index >= 15 is 0 Å². The minimum atomic E-state index is -4.67. The number of halogens is 3. The first-order valence-corrected chi connectivity index (χ1v) is 7.36. The van der Waals surface area contributed by atoms with Crippen LogP contribution >= 0.6 is 0 Å². The summed E-state index contributed by atoms with van der Waals surface area (Å²) in [7, 11) is -4.09. The maximum Gasteiger partial charge on any atom is 0.417 e. The first-order valence-electron chi connectivity index (χ1n) is 5.92. The van der Waals surface area contributed by atoms with E-state index in [1.165, 1.54) is 12.1 Å². The summed E-state index contributed by atoms with van der Waals surface area (Å²) in [5, 5.41) is 0. The van der Waals surface area contributed by atoms with Gasteiger partial charge in [0.15, 0.2) is 0 Å². The van der Waals surface area contributed by atoms with Gasteiger partial charge in [-0.1, -0.05) is 12.1 Å². The molecule has 1 saturated heterocycles. The van der Waals surface area contributed by atoms with Crippen molar-refractivity contribution in [3.63, 3.8) is 0 Å². The fourth-order valence-electron chi connectivity index (χ4n) is 2.32. The van der Waals surface area contributed by atoms with Crippen molar-refractivity contribution in [1.82, 2.24) is 4.31 Å². The number of nitrogens with zero attached hydrogens (tertiary/aromatic N) is 1. The van der Waals surface area contributed by atoms with Gasteiger partial charge in [0.05, 0.1) is 10.5 Å². The topological polar surface area (TPSA) is 37.4 Å². The van der Waals surface area contributed by atoms with Crippen LogP contribution in [0.2, 0.25) is 0 Å². The zero-order chi connectivity index (χ0) is 14.3. The van der Waals surface area contributed by atoms with Crippen LogP contribution in [0, 0.1) is 0 Å². The SMILES string of the molecule is CC1CCCN1S(=O)(=O)c1ccccc1C(F)(F)F. The summed E-state index contributed by atoms with van der Waals surface area (Å²) < 4.78 is 64.5. The van der Waals surface area contributed by atoms with E-state index < -0.39 is 26.7 Å². The normalized spacial score (nSPS) is 21.8. The van der Waals surface area contributed by atoms with Crippen molar-refractivity contribution in [2.75, 3.05) is 6.54 Å². The van der Waals surface area contributed by atoms with Crippen LogP contribution in [0.1, 0.15) is 25.3 Å². The largest absolute Gasteiger partial charge is 0.417 e. The third-order valence-electron chi connectivity index (χ3n) is 3.27. The molecule has 0 bridgehead atoms. The Hall–Kier alpha value is -1.08. The maximum absolute atomic E-state index is 12.9. The molecule has 7 heteroatoms. The number of hydrogen-bond donors (Lipinski definition) is 0. The summed E-state index contributed by atoms with van der Waals surface area (Å²) in [6, 6.07) is 4.06. The van der Waals surface area contributed by atoms with Crippen molar-refractivity contribution in [3.8, 4) is 0 Å². The Bertz CT molecular complexity index is 569. The summed E-state index contributed by atoms with van der Waals surface area (Å²) in [4.78, 5) is -0.656. The van der Waals surface area contributed by atoms with Crippen LogP contribution in [0.4, 0.5) is 13.2 Å². The second-order valence-corrected chi connectivity index (χ2v) is 6.46. The first kappa shape index (κ1) is 14.3. The molecule has 0 aromatic heterocycles. The Balaban J connectivity index is 2.53. The van der Waals surface area contributed by atoms with Gasteiger partial charge in [-0.2, -0.15) is 17.5 Å². The third kappa shape index (κ3) is 2.62. The Morgan fingerprint density at radius 2 is 1.89 bits per heavy atom. The summed E-state index contributed by atoms with van der Waals surface area (Å²) in [5.74, 6) is 0. The second kappa shape index (κ2) is 4.79. The monoisotopic (exact) mass is 293 g/mol. The number of alkyl halides is 3. The molecular formula is C12H14F3NO2S. The Morgan fingerprint density at radius 3 is 2.42 bits per heavy atom. The summed E-state index contributed by atoms with van der Waals surface area (Å²) in [6.07, 6.45) is -3.32. The number of hydrogen-bond acceptors (Lipinski definition) is 2. The molecule has 0 amide bonds. The fourth-order valence-corrected chi connectivity index (χ4v) is 4.23. The van der Waals surface area contributed by atoms with Crippen molar-refractivity contribution in [2.45, 2.75) is 36.9 Å². The van der Waals surface area contributed by atoms with E-state index in [0.29, 0.717) is 12.8 Å². The molecule has 0 N–H and O–H groups in total. The maximum atomic E-state index is 12.9. The lowest BCUT2D eigenvalue weighted by Crippen LogP contribution is -2.34. The third-order valence-corrected chi connectivity index (χ3v) is 5.34. The molecule has 1 heterocycles. The molecule has 0 aliphatic carbocycles. The minimum Gasteiger partial charge on any atom is -0.207 e. The van der Waals surface area contributed by atoms with Crippen LogP contribution in [-0.2, 0) is 16.2 Å². The number of sulfonamides is 1. The summed E-state index contributed by atoms with van der Waals surface area (Å²) >= 11 is 0. The molecule has 1 aromatic rings. The molecule has 1 aliphatic rings. The molecule has 106 valence electrons. The molecule has 1 aromatic carbocycles. The van der Waals surface area contributed by atoms with Crippen LogP contribution in [0.5, 0.6) is 0 Å². The molecular weight excluding hydrogens is 279 g/mol. The molecule has 1 fully saturated rings. The first-order chi connectivity index (χ1) is 8.74. The molecule has 2 rings (SSSR count). The second-order valence-electron chi connectivity index (χ2n) is 4.60. The highest BCUT2D eigenvalue weighted by Gasteiger charge is 2.40. The van der Waals surface area contributed by atoms with E-state index in [9.17, 15) is 21.6 Å². The molecule has 0 saturated carbocycles. The van der Waals surface area contributed by atoms with Gasteiger partial charge in [-0.05, 0) is 31.9 Å². The highest BCUT2D eigenvalue weighted by atomic mass is 32.2. The molecule has 19 heavy (non-hydrogen) atoms. The van der Waals surface area contributed by atoms with Crippen LogP contribution < -0.4 is 0 Å². The van der Waals surface area contributed by atoms with Crippen LogP contribution in [0.3, 0.4) is 0 Å². The molecule has 3 nitrogen and oxygen atoms in total. The van der Waals surface area contributed by atoms with Crippen molar-refractivity contribution >= 4 is 10.0 Å². The molecule has 0 radical (unpaired) electrons. The lowest BCUT2D eigenvalue weighted by atomic mass is 10.2. The Morgan fingerprint density at radius 1 is 1.26 bits per heavy atom. The Labute approximate surface area is 110 Å². The molecule has 1 atom stereocenters. The predicted molar refractivity (Wildman–Crippen MR) is 64.0 cm³/mol. The van der Waals surface area contributed by atoms with Gasteiger partial charge >= 0.3 is 6.18 Å². The average Bonchev–Trinajstić information content (AvgIpc) is 2.75. The number of rotatable bonds is 2. The predicted octanol–water partition coefficient (Wildman–Crippen LogP) is 2.88. The van der Waals surface area contributed by atoms with E-state index in [4.69, 9.17) is 0 Å². The van der Waals surface area contributed by atoms with E-state index in [2.05, 4.69) is 0 Å². The summed E-state index contributed by atoms with van der Waals surface area (Å²) in [5.41, 5.74) is -1.10. The van der Waals surface area contributed by atoms with Crippen LogP contribution in [0.15, 0.2) is 29.2 Å². The molecule has 0 spiro atoms. The number of benzene rings is 1. The van der Waals surface area contributed by atoms with Gasteiger partial charge in [-0.3, -0.25) is 0 Å². The van der Waals surface area contributed by atoms with Crippen LogP contribution in [0.25, 0.3) is 0 Å². The van der Waals surface area contributed by atoms with Crippen molar-refractivity contribution in [2.24, 2.45) is 0 Å². The van der Waals surface area contributed by atoms with Crippen LogP contribution in [-0.4, -0.2) is 25.3 Å². The molecule has 1 aliphatic heterocycles. The Kier molecular flexibility index (Phi) is 3.61.